The van der Waals surface area contributed by atoms with Crippen LogP contribution in [0.4, 0.5) is 0 Å². The Morgan fingerprint density at radius 3 is 3.31 bits per heavy atom. The molecule has 1 fully saturated rings. The fourth-order valence-electron chi connectivity index (χ4n) is 2.12. The zero-order chi connectivity index (χ0) is 9.26. The average molecular weight is 181 g/mol. The molecule has 2 rings (SSSR count). The van der Waals surface area contributed by atoms with Crippen LogP contribution in [0.25, 0.3) is 0 Å². The van der Waals surface area contributed by atoms with Crippen LogP contribution in [0.15, 0.2) is 4.99 Å². The fourth-order valence-corrected chi connectivity index (χ4v) is 2.12. The molecule has 1 saturated heterocycles. The van der Waals surface area contributed by atoms with E-state index in [-0.39, 0.29) is 0 Å². The van der Waals surface area contributed by atoms with Crippen LogP contribution in [0.5, 0.6) is 0 Å². The second-order valence-electron chi connectivity index (χ2n) is 4.08. The molecule has 0 spiro atoms. The highest BCUT2D eigenvalue weighted by Gasteiger charge is 2.31. The molecular weight excluding hydrogens is 162 g/mol. The lowest BCUT2D eigenvalue weighted by molar-refractivity contribution is 0.247. The lowest BCUT2D eigenvalue weighted by Crippen LogP contribution is -2.50. The van der Waals surface area contributed by atoms with Gasteiger partial charge in [-0.05, 0) is 19.4 Å². The molecule has 2 heterocycles. The molecule has 2 atom stereocenters. The highest BCUT2D eigenvalue weighted by molar-refractivity contribution is 5.86. The molecular formula is C10H19N3. The summed E-state index contributed by atoms with van der Waals surface area (Å²) in [5.74, 6) is 1.96. The number of amidine groups is 1. The number of aliphatic imine (C=N–C) groups is 1. The zero-order valence-corrected chi connectivity index (χ0v) is 8.58. The number of hydrogen-bond acceptors (Lipinski definition) is 3. The molecule has 3 heteroatoms. The number of nitrogens with zero attached hydrogens (tertiary/aromatic N) is 2. The van der Waals surface area contributed by atoms with Crippen LogP contribution in [0.3, 0.4) is 0 Å². The molecule has 2 aliphatic heterocycles. The van der Waals surface area contributed by atoms with Crippen LogP contribution >= 0.6 is 0 Å². The zero-order valence-electron chi connectivity index (χ0n) is 8.58. The van der Waals surface area contributed by atoms with Crippen LogP contribution in [-0.2, 0) is 0 Å². The lowest BCUT2D eigenvalue weighted by Gasteiger charge is -2.34. The van der Waals surface area contributed by atoms with Crippen molar-refractivity contribution in [2.24, 2.45) is 10.9 Å². The van der Waals surface area contributed by atoms with Gasteiger partial charge in [0, 0.05) is 5.92 Å². The summed E-state index contributed by atoms with van der Waals surface area (Å²) in [6.45, 7) is 7.70. The summed E-state index contributed by atoms with van der Waals surface area (Å²) in [6.07, 6.45) is 2.45. The van der Waals surface area contributed by atoms with Crippen LogP contribution in [0, 0.1) is 5.92 Å². The number of nitrogens with one attached hydrogen (secondary N) is 1. The third-order valence-electron chi connectivity index (χ3n) is 3.19. The molecule has 1 N–H and O–H groups in total. The summed E-state index contributed by atoms with van der Waals surface area (Å²) in [5, 5.41) is 3.41. The minimum atomic E-state index is 0.630. The van der Waals surface area contributed by atoms with E-state index in [1.165, 1.54) is 18.7 Å². The highest BCUT2D eigenvalue weighted by atomic mass is 15.3. The Bertz CT molecular complexity index is 212. The Morgan fingerprint density at radius 1 is 1.69 bits per heavy atom. The molecule has 0 aliphatic carbocycles. The summed E-state index contributed by atoms with van der Waals surface area (Å²) >= 11 is 0. The van der Waals surface area contributed by atoms with E-state index in [0.717, 1.165) is 19.8 Å². The third kappa shape index (κ3) is 1.57. The average Bonchev–Trinajstić information content (AvgIpc) is 2.60. The van der Waals surface area contributed by atoms with Gasteiger partial charge in [0.15, 0.2) is 0 Å². The van der Waals surface area contributed by atoms with Crippen molar-refractivity contribution in [1.29, 1.82) is 0 Å². The van der Waals surface area contributed by atoms with Crippen LogP contribution < -0.4 is 5.32 Å². The van der Waals surface area contributed by atoms with Crippen LogP contribution in [0.1, 0.15) is 26.7 Å². The molecule has 2 aliphatic rings. The normalized spacial score (nSPS) is 29.8. The van der Waals surface area contributed by atoms with Gasteiger partial charge in [0.25, 0.3) is 0 Å². The minimum absolute atomic E-state index is 0.630. The third-order valence-corrected chi connectivity index (χ3v) is 3.19. The van der Waals surface area contributed by atoms with Gasteiger partial charge >= 0.3 is 0 Å². The summed E-state index contributed by atoms with van der Waals surface area (Å²) in [4.78, 5) is 7.11. The monoisotopic (exact) mass is 181 g/mol. The Kier molecular flexibility index (Phi) is 2.54. The van der Waals surface area contributed by atoms with Gasteiger partial charge in [0.2, 0.25) is 0 Å². The van der Waals surface area contributed by atoms with E-state index in [9.17, 15) is 0 Å². The van der Waals surface area contributed by atoms with E-state index in [1.807, 2.05) is 0 Å². The maximum atomic E-state index is 4.65. The first kappa shape index (κ1) is 9.00. The van der Waals surface area contributed by atoms with Crippen LogP contribution in [-0.4, -0.2) is 36.5 Å². The molecule has 2 unspecified atom stereocenters. The van der Waals surface area contributed by atoms with Crippen molar-refractivity contribution < 1.29 is 0 Å². The van der Waals surface area contributed by atoms with E-state index in [2.05, 4.69) is 29.1 Å². The summed E-state index contributed by atoms with van der Waals surface area (Å²) < 4.78 is 0. The second kappa shape index (κ2) is 3.66. The maximum absolute atomic E-state index is 4.65. The Balaban J connectivity index is 2.04. The highest BCUT2D eigenvalue weighted by Crippen LogP contribution is 2.21. The molecule has 13 heavy (non-hydrogen) atoms. The molecule has 74 valence electrons. The minimum Gasteiger partial charge on any atom is -0.342 e. The van der Waals surface area contributed by atoms with Crippen molar-refractivity contribution >= 4 is 5.84 Å². The van der Waals surface area contributed by atoms with E-state index >= 15 is 0 Å². The van der Waals surface area contributed by atoms with E-state index in [4.69, 9.17) is 0 Å². The Morgan fingerprint density at radius 2 is 2.54 bits per heavy atom. The lowest BCUT2D eigenvalue weighted by atomic mass is 10.1. The summed E-state index contributed by atoms with van der Waals surface area (Å²) in [7, 11) is 0. The predicted octanol–water partition coefficient (Wildman–Crippen LogP) is 1.07. The SMILES string of the molecule is CCC(C)C1=NCC2CCNCN12. The predicted molar refractivity (Wildman–Crippen MR) is 54.9 cm³/mol. The van der Waals surface area contributed by atoms with E-state index in [0.29, 0.717) is 12.0 Å². The summed E-state index contributed by atoms with van der Waals surface area (Å²) in [5.41, 5.74) is 0. The number of hydrogen-bond donors (Lipinski definition) is 1. The van der Waals surface area contributed by atoms with Gasteiger partial charge < -0.3 is 4.90 Å². The van der Waals surface area contributed by atoms with Crippen molar-refractivity contribution in [3.8, 4) is 0 Å². The first-order chi connectivity index (χ1) is 6.33. The molecule has 0 radical (unpaired) electrons. The topological polar surface area (TPSA) is 27.6 Å². The van der Waals surface area contributed by atoms with Gasteiger partial charge in [-0.2, -0.15) is 0 Å². The standard InChI is InChI=1S/C10H19N3/c1-3-8(2)10-12-6-9-4-5-11-7-13(9)10/h8-9,11H,3-7H2,1-2H3. The first-order valence-electron chi connectivity index (χ1n) is 5.34. The van der Waals surface area contributed by atoms with Gasteiger partial charge in [0.05, 0.1) is 19.3 Å². The molecule has 3 nitrogen and oxygen atoms in total. The molecule has 0 aromatic rings. The molecule has 0 bridgehead atoms. The maximum Gasteiger partial charge on any atom is 0.103 e. The summed E-state index contributed by atoms with van der Waals surface area (Å²) in [6, 6.07) is 0.699. The largest absolute Gasteiger partial charge is 0.342 e. The van der Waals surface area contributed by atoms with Gasteiger partial charge in [-0.15, -0.1) is 0 Å². The van der Waals surface area contributed by atoms with Crippen molar-refractivity contribution in [3.63, 3.8) is 0 Å². The smallest absolute Gasteiger partial charge is 0.103 e. The Labute approximate surface area is 80.2 Å². The second-order valence-corrected chi connectivity index (χ2v) is 4.08. The van der Waals surface area contributed by atoms with Gasteiger partial charge in [-0.1, -0.05) is 13.8 Å². The van der Waals surface area contributed by atoms with Crippen molar-refractivity contribution in [2.75, 3.05) is 19.8 Å². The van der Waals surface area contributed by atoms with Crippen molar-refractivity contribution in [2.45, 2.75) is 32.7 Å². The molecule has 0 saturated carbocycles. The van der Waals surface area contributed by atoms with Gasteiger partial charge in [-0.3, -0.25) is 10.3 Å². The van der Waals surface area contributed by atoms with Crippen molar-refractivity contribution in [3.05, 3.63) is 0 Å². The van der Waals surface area contributed by atoms with E-state index in [1.54, 1.807) is 0 Å². The van der Waals surface area contributed by atoms with Crippen molar-refractivity contribution in [1.82, 2.24) is 10.2 Å². The Hall–Kier alpha value is -0.570. The van der Waals surface area contributed by atoms with Gasteiger partial charge in [0.1, 0.15) is 5.84 Å². The first-order valence-corrected chi connectivity index (χ1v) is 5.34. The quantitative estimate of drug-likeness (QED) is 0.690. The molecule has 0 aromatic heterocycles. The fraction of sp³-hybridized carbons (Fsp3) is 0.900. The van der Waals surface area contributed by atoms with Crippen LogP contribution in [0.2, 0.25) is 0 Å². The molecule has 0 aromatic carbocycles. The molecule has 0 amide bonds. The van der Waals surface area contributed by atoms with E-state index < -0.39 is 0 Å². The number of rotatable bonds is 2. The number of fused-ring (bicyclic) bond motifs is 1. The van der Waals surface area contributed by atoms with Gasteiger partial charge in [-0.25, -0.2) is 0 Å².